The zero-order valence-corrected chi connectivity index (χ0v) is 12.9. The normalized spacial score (nSPS) is 24.4. The Kier molecular flexibility index (Phi) is 6.99. The Bertz CT molecular complexity index is 323. The van der Waals surface area contributed by atoms with Crippen LogP contribution in [0, 0.1) is 11.8 Å². The SMILES string of the molecule is CC(C)CCNC(=O)C(C)NC1CCC(C(N)=O)CC1. The van der Waals surface area contributed by atoms with Crippen LogP contribution in [0.5, 0.6) is 0 Å². The number of hydrogen-bond donors (Lipinski definition) is 3. The molecule has 0 aromatic heterocycles. The highest BCUT2D eigenvalue weighted by molar-refractivity contribution is 5.81. The summed E-state index contributed by atoms with van der Waals surface area (Å²) in [6.45, 7) is 6.91. The lowest BCUT2D eigenvalue weighted by atomic mass is 9.85. The first-order valence-electron chi connectivity index (χ1n) is 7.73. The molecule has 5 heteroatoms. The molecule has 1 fully saturated rings. The van der Waals surface area contributed by atoms with Crippen molar-refractivity contribution in [3.8, 4) is 0 Å². The van der Waals surface area contributed by atoms with E-state index >= 15 is 0 Å². The Balaban J connectivity index is 2.23. The minimum absolute atomic E-state index is 0.0169. The molecule has 0 saturated heterocycles. The maximum Gasteiger partial charge on any atom is 0.236 e. The van der Waals surface area contributed by atoms with E-state index < -0.39 is 0 Å². The number of nitrogens with one attached hydrogen (secondary N) is 2. The summed E-state index contributed by atoms with van der Waals surface area (Å²) in [5.74, 6) is 0.483. The highest BCUT2D eigenvalue weighted by Gasteiger charge is 2.26. The van der Waals surface area contributed by atoms with E-state index in [0.29, 0.717) is 12.0 Å². The van der Waals surface area contributed by atoms with Gasteiger partial charge in [0, 0.05) is 18.5 Å². The average molecular weight is 283 g/mol. The molecule has 0 spiro atoms. The largest absolute Gasteiger partial charge is 0.369 e. The van der Waals surface area contributed by atoms with Crippen molar-refractivity contribution in [1.82, 2.24) is 10.6 Å². The van der Waals surface area contributed by atoms with Gasteiger partial charge in [0.15, 0.2) is 0 Å². The highest BCUT2D eigenvalue weighted by atomic mass is 16.2. The molecule has 2 amide bonds. The second-order valence-electron chi connectivity index (χ2n) is 6.31. The number of carbonyl (C=O) groups is 2. The molecule has 0 radical (unpaired) electrons. The van der Waals surface area contributed by atoms with Crippen LogP contribution in [0.2, 0.25) is 0 Å². The summed E-state index contributed by atoms with van der Waals surface area (Å²) >= 11 is 0. The maximum absolute atomic E-state index is 11.9. The van der Waals surface area contributed by atoms with Crippen molar-refractivity contribution >= 4 is 11.8 Å². The monoisotopic (exact) mass is 283 g/mol. The van der Waals surface area contributed by atoms with Crippen molar-refractivity contribution in [3.05, 3.63) is 0 Å². The number of carbonyl (C=O) groups excluding carboxylic acids is 2. The molecule has 0 aliphatic heterocycles. The molecule has 1 unspecified atom stereocenters. The third kappa shape index (κ3) is 5.90. The van der Waals surface area contributed by atoms with Crippen LogP contribution in [-0.2, 0) is 9.59 Å². The van der Waals surface area contributed by atoms with Gasteiger partial charge in [0.25, 0.3) is 0 Å². The second kappa shape index (κ2) is 8.25. The molecule has 116 valence electrons. The molecular formula is C15H29N3O2. The fourth-order valence-electron chi connectivity index (χ4n) is 2.61. The van der Waals surface area contributed by atoms with Crippen molar-refractivity contribution in [3.63, 3.8) is 0 Å². The first-order chi connectivity index (χ1) is 9.40. The van der Waals surface area contributed by atoms with E-state index in [1.807, 2.05) is 6.92 Å². The molecular weight excluding hydrogens is 254 g/mol. The van der Waals surface area contributed by atoms with Gasteiger partial charge < -0.3 is 16.4 Å². The zero-order chi connectivity index (χ0) is 15.1. The van der Waals surface area contributed by atoms with Crippen LogP contribution in [0.3, 0.4) is 0 Å². The summed E-state index contributed by atoms with van der Waals surface area (Å²) in [5, 5.41) is 6.31. The van der Waals surface area contributed by atoms with E-state index in [-0.39, 0.29) is 23.8 Å². The molecule has 1 aliphatic carbocycles. The first-order valence-corrected chi connectivity index (χ1v) is 7.73. The molecule has 0 bridgehead atoms. The van der Waals surface area contributed by atoms with Crippen molar-refractivity contribution in [2.24, 2.45) is 17.6 Å². The Labute approximate surface area is 122 Å². The van der Waals surface area contributed by atoms with Crippen molar-refractivity contribution in [2.45, 2.75) is 65.0 Å². The predicted molar refractivity (Wildman–Crippen MR) is 80.0 cm³/mol. The molecule has 1 atom stereocenters. The Hall–Kier alpha value is -1.10. The summed E-state index contributed by atoms with van der Waals surface area (Å²) < 4.78 is 0. The highest BCUT2D eigenvalue weighted by Crippen LogP contribution is 2.24. The Morgan fingerprint density at radius 3 is 2.25 bits per heavy atom. The van der Waals surface area contributed by atoms with Gasteiger partial charge in [-0.3, -0.25) is 9.59 Å². The van der Waals surface area contributed by atoms with Crippen LogP contribution in [0.1, 0.15) is 52.9 Å². The van der Waals surface area contributed by atoms with Gasteiger partial charge in [-0.05, 0) is 44.9 Å². The number of primary amides is 1. The van der Waals surface area contributed by atoms with Gasteiger partial charge in [0.05, 0.1) is 6.04 Å². The van der Waals surface area contributed by atoms with Gasteiger partial charge in [-0.1, -0.05) is 13.8 Å². The van der Waals surface area contributed by atoms with Crippen LogP contribution < -0.4 is 16.4 Å². The Morgan fingerprint density at radius 1 is 1.15 bits per heavy atom. The van der Waals surface area contributed by atoms with Crippen LogP contribution in [0.25, 0.3) is 0 Å². The summed E-state index contributed by atoms with van der Waals surface area (Å²) in [7, 11) is 0. The number of nitrogens with two attached hydrogens (primary N) is 1. The summed E-state index contributed by atoms with van der Waals surface area (Å²) in [6.07, 6.45) is 4.49. The van der Waals surface area contributed by atoms with Gasteiger partial charge >= 0.3 is 0 Å². The molecule has 1 saturated carbocycles. The fourth-order valence-corrected chi connectivity index (χ4v) is 2.61. The standard InChI is InChI=1S/C15H29N3O2/c1-10(2)8-9-17-15(20)11(3)18-13-6-4-12(5-7-13)14(16)19/h10-13,18H,4-9H2,1-3H3,(H2,16,19)(H,17,20). The molecule has 4 N–H and O–H groups in total. The van der Waals surface area contributed by atoms with Crippen molar-refractivity contribution in [2.75, 3.05) is 6.54 Å². The quantitative estimate of drug-likeness (QED) is 0.656. The van der Waals surface area contributed by atoms with E-state index in [9.17, 15) is 9.59 Å². The van der Waals surface area contributed by atoms with Crippen LogP contribution in [0.15, 0.2) is 0 Å². The second-order valence-corrected chi connectivity index (χ2v) is 6.31. The number of rotatable bonds is 7. The lowest BCUT2D eigenvalue weighted by Gasteiger charge is -2.29. The van der Waals surface area contributed by atoms with E-state index in [4.69, 9.17) is 5.73 Å². The van der Waals surface area contributed by atoms with Gasteiger partial charge in [0.1, 0.15) is 0 Å². The number of amides is 2. The molecule has 5 nitrogen and oxygen atoms in total. The third-order valence-corrected chi connectivity index (χ3v) is 4.03. The van der Waals surface area contributed by atoms with Gasteiger partial charge in [-0.15, -0.1) is 0 Å². The molecule has 20 heavy (non-hydrogen) atoms. The van der Waals surface area contributed by atoms with E-state index in [0.717, 1.165) is 38.6 Å². The lowest BCUT2D eigenvalue weighted by Crippen LogP contribution is -2.48. The molecule has 0 aromatic rings. The first kappa shape index (κ1) is 17.0. The summed E-state index contributed by atoms with van der Waals surface area (Å²) in [6, 6.07) is 0.133. The van der Waals surface area contributed by atoms with Crippen LogP contribution in [-0.4, -0.2) is 30.4 Å². The third-order valence-electron chi connectivity index (χ3n) is 4.03. The van der Waals surface area contributed by atoms with Gasteiger partial charge in [0.2, 0.25) is 11.8 Å². The van der Waals surface area contributed by atoms with Gasteiger partial charge in [-0.2, -0.15) is 0 Å². The predicted octanol–water partition coefficient (Wildman–Crippen LogP) is 1.17. The van der Waals surface area contributed by atoms with Crippen molar-refractivity contribution in [1.29, 1.82) is 0 Å². The molecule has 1 aliphatic rings. The molecule has 0 aromatic carbocycles. The van der Waals surface area contributed by atoms with E-state index in [2.05, 4.69) is 24.5 Å². The zero-order valence-electron chi connectivity index (χ0n) is 12.9. The van der Waals surface area contributed by atoms with Crippen molar-refractivity contribution < 1.29 is 9.59 Å². The topological polar surface area (TPSA) is 84.2 Å². The smallest absolute Gasteiger partial charge is 0.236 e. The maximum atomic E-state index is 11.9. The molecule has 1 rings (SSSR count). The minimum atomic E-state index is -0.192. The van der Waals surface area contributed by atoms with E-state index in [1.165, 1.54) is 0 Å². The van der Waals surface area contributed by atoms with E-state index in [1.54, 1.807) is 0 Å². The minimum Gasteiger partial charge on any atom is -0.369 e. The van der Waals surface area contributed by atoms with Gasteiger partial charge in [-0.25, -0.2) is 0 Å². The summed E-state index contributed by atoms with van der Waals surface area (Å²) in [4.78, 5) is 23.0. The summed E-state index contributed by atoms with van der Waals surface area (Å²) in [5.41, 5.74) is 5.32. The fraction of sp³-hybridized carbons (Fsp3) is 0.867. The lowest BCUT2D eigenvalue weighted by molar-refractivity contribution is -0.124. The average Bonchev–Trinajstić information content (AvgIpc) is 2.38. The van der Waals surface area contributed by atoms with Crippen LogP contribution in [0.4, 0.5) is 0 Å². The number of hydrogen-bond acceptors (Lipinski definition) is 3. The molecule has 0 heterocycles. The van der Waals surface area contributed by atoms with Crippen LogP contribution >= 0.6 is 0 Å². The Morgan fingerprint density at radius 2 is 1.75 bits per heavy atom.